The molecule has 1 aromatic rings. The van der Waals surface area contributed by atoms with E-state index in [-0.39, 0.29) is 0 Å². The summed E-state index contributed by atoms with van der Waals surface area (Å²) < 4.78 is 0. The van der Waals surface area contributed by atoms with E-state index >= 15 is 0 Å². The molecule has 98 valence electrons. The first kappa shape index (κ1) is 13.5. The van der Waals surface area contributed by atoms with E-state index in [9.17, 15) is 4.79 Å². The second kappa shape index (κ2) is 6.28. The highest BCUT2D eigenvalue weighted by Crippen LogP contribution is 2.31. The van der Waals surface area contributed by atoms with Gasteiger partial charge in [-0.05, 0) is 30.9 Å². The van der Waals surface area contributed by atoms with Gasteiger partial charge in [-0.25, -0.2) is 0 Å². The maximum Gasteiger partial charge on any atom is 0.310 e. The fraction of sp³-hybridized carbons (Fsp3) is 0.533. The quantitative estimate of drug-likeness (QED) is 0.871. The molecule has 0 radical (unpaired) electrons. The molecule has 0 bridgehead atoms. The standard InChI is InChI=1S/C15H20O2S/c1-11(15(16)17)13-8-6-12(7-9-13)10-18-14-4-2-3-5-14/h6-9,11,14H,2-5,10H2,1H3,(H,16,17). The highest BCUT2D eigenvalue weighted by Gasteiger charge is 2.16. The minimum atomic E-state index is -0.761. The number of carboxylic acids is 1. The van der Waals surface area contributed by atoms with Gasteiger partial charge in [-0.15, -0.1) is 0 Å². The van der Waals surface area contributed by atoms with Crippen LogP contribution in [0.2, 0.25) is 0 Å². The summed E-state index contributed by atoms with van der Waals surface area (Å²) in [7, 11) is 0. The number of carboxylic acid groups (broad SMARTS) is 1. The third kappa shape index (κ3) is 3.52. The minimum Gasteiger partial charge on any atom is -0.481 e. The van der Waals surface area contributed by atoms with Crippen molar-refractivity contribution in [2.75, 3.05) is 0 Å². The summed E-state index contributed by atoms with van der Waals surface area (Å²) in [5.41, 5.74) is 2.19. The summed E-state index contributed by atoms with van der Waals surface area (Å²) in [6, 6.07) is 8.03. The van der Waals surface area contributed by atoms with Crippen molar-refractivity contribution in [1.29, 1.82) is 0 Å². The lowest BCUT2D eigenvalue weighted by atomic mass is 10.0. The van der Waals surface area contributed by atoms with Crippen LogP contribution >= 0.6 is 11.8 Å². The molecule has 0 heterocycles. The molecular formula is C15H20O2S. The molecule has 1 saturated carbocycles. The first-order chi connectivity index (χ1) is 8.66. The molecule has 2 nitrogen and oxygen atoms in total. The number of rotatable bonds is 5. The Hall–Kier alpha value is -0.960. The Morgan fingerprint density at radius 3 is 2.50 bits per heavy atom. The minimum absolute atomic E-state index is 0.415. The number of hydrogen-bond acceptors (Lipinski definition) is 2. The Bertz CT molecular complexity index is 393. The van der Waals surface area contributed by atoms with E-state index in [4.69, 9.17) is 5.11 Å². The second-order valence-corrected chi connectivity index (χ2v) is 6.31. The van der Waals surface area contributed by atoms with Crippen molar-refractivity contribution in [1.82, 2.24) is 0 Å². The number of hydrogen-bond donors (Lipinski definition) is 1. The van der Waals surface area contributed by atoms with E-state index in [2.05, 4.69) is 12.1 Å². The third-order valence-electron chi connectivity index (χ3n) is 3.64. The van der Waals surface area contributed by atoms with Gasteiger partial charge >= 0.3 is 5.97 Å². The topological polar surface area (TPSA) is 37.3 Å². The van der Waals surface area contributed by atoms with Crippen LogP contribution in [0.4, 0.5) is 0 Å². The molecule has 1 fully saturated rings. The Labute approximate surface area is 113 Å². The maximum atomic E-state index is 10.9. The van der Waals surface area contributed by atoms with Crippen LogP contribution in [0.25, 0.3) is 0 Å². The van der Waals surface area contributed by atoms with E-state index < -0.39 is 11.9 Å². The smallest absolute Gasteiger partial charge is 0.310 e. The van der Waals surface area contributed by atoms with Gasteiger partial charge < -0.3 is 5.11 Å². The number of carbonyl (C=O) groups is 1. The van der Waals surface area contributed by atoms with Crippen molar-refractivity contribution in [3.63, 3.8) is 0 Å². The van der Waals surface area contributed by atoms with Gasteiger partial charge in [0.25, 0.3) is 0 Å². The first-order valence-corrected chi connectivity index (χ1v) is 7.65. The molecule has 0 aromatic heterocycles. The van der Waals surface area contributed by atoms with E-state index in [1.165, 1.54) is 31.2 Å². The average Bonchev–Trinajstić information content (AvgIpc) is 2.89. The number of benzene rings is 1. The monoisotopic (exact) mass is 264 g/mol. The highest BCUT2D eigenvalue weighted by atomic mass is 32.2. The summed E-state index contributed by atoms with van der Waals surface area (Å²) in [6.07, 6.45) is 5.48. The first-order valence-electron chi connectivity index (χ1n) is 6.60. The molecule has 0 amide bonds. The number of thioether (sulfide) groups is 1. The lowest BCUT2D eigenvalue weighted by Crippen LogP contribution is -2.07. The van der Waals surface area contributed by atoms with Crippen molar-refractivity contribution in [2.45, 2.75) is 49.5 Å². The van der Waals surface area contributed by atoms with Crippen LogP contribution in [-0.4, -0.2) is 16.3 Å². The van der Waals surface area contributed by atoms with Crippen molar-refractivity contribution in [2.24, 2.45) is 0 Å². The molecule has 1 N–H and O–H groups in total. The van der Waals surface area contributed by atoms with E-state index in [1.54, 1.807) is 6.92 Å². The lowest BCUT2D eigenvalue weighted by molar-refractivity contribution is -0.138. The van der Waals surface area contributed by atoms with Gasteiger partial charge in [-0.1, -0.05) is 37.1 Å². The van der Waals surface area contributed by atoms with Crippen LogP contribution in [0.5, 0.6) is 0 Å². The summed E-state index contributed by atoms with van der Waals surface area (Å²) >= 11 is 2.04. The van der Waals surface area contributed by atoms with Crippen LogP contribution in [-0.2, 0) is 10.5 Å². The van der Waals surface area contributed by atoms with Crippen LogP contribution in [0, 0.1) is 0 Å². The zero-order valence-electron chi connectivity index (χ0n) is 10.8. The number of aliphatic carboxylic acids is 1. The average molecular weight is 264 g/mol. The van der Waals surface area contributed by atoms with Gasteiger partial charge in [-0.3, -0.25) is 4.79 Å². The molecule has 1 aliphatic rings. The van der Waals surface area contributed by atoms with Gasteiger partial charge in [0.15, 0.2) is 0 Å². The van der Waals surface area contributed by atoms with Crippen molar-refractivity contribution in [3.05, 3.63) is 35.4 Å². The molecule has 18 heavy (non-hydrogen) atoms. The fourth-order valence-electron chi connectivity index (χ4n) is 2.31. The summed E-state index contributed by atoms with van der Waals surface area (Å²) in [5, 5.41) is 9.78. The normalized spacial score (nSPS) is 17.8. The van der Waals surface area contributed by atoms with Gasteiger partial charge in [0, 0.05) is 11.0 Å². The third-order valence-corrected chi connectivity index (χ3v) is 5.08. The Kier molecular flexibility index (Phi) is 4.70. The maximum absolute atomic E-state index is 10.9. The van der Waals surface area contributed by atoms with Gasteiger partial charge in [0.05, 0.1) is 5.92 Å². The van der Waals surface area contributed by atoms with Crippen molar-refractivity contribution >= 4 is 17.7 Å². The Morgan fingerprint density at radius 1 is 1.33 bits per heavy atom. The van der Waals surface area contributed by atoms with Crippen molar-refractivity contribution < 1.29 is 9.90 Å². The molecule has 3 heteroatoms. The zero-order valence-corrected chi connectivity index (χ0v) is 11.6. The van der Waals surface area contributed by atoms with Crippen molar-refractivity contribution in [3.8, 4) is 0 Å². The molecular weight excluding hydrogens is 244 g/mol. The Balaban J connectivity index is 1.88. The molecule has 1 unspecified atom stereocenters. The Morgan fingerprint density at radius 2 is 1.94 bits per heavy atom. The van der Waals surface area contributed by atoms with Crippen LogP contribution < -0.4 is 0 Å². The molecule has 1 aliphatic carbocycles. The summed E-state index contributed by atoms with van der Waals surface area (Å²) in [4.78, 5) is 10.9. The molecule has 1 atom stereocenters. The van der Waals surface area contributed by atoms with Gasteiger partial charge in [-0.2, -0.15) is 11.8 Å². The zero-order chi connectivity index (χ0) is 13.0. The van der Waals surface area contributed by atoms with Gasteiger partial charge in [0.1, 0.15) is 0 Å². The van der Waals surface area contributed by atoms with Crippen LogP contribution in [0.1, 0.15) is 49.7 Å². The molecule has 0 spiro atoms. The van der Waals surface area contributed by atoms with E-state index in [1.807, 2.05) is 23.9 Å². The SMILES string of the molecule is CC(C(=O)O)c1ccc(CSC2CCCC2)cc1. The van der Waals surface area contributed by atoms with Crippen LogP contribution in [0.3, 0.4) is 0 Å². The highest BCUT2D eigenvalue weighted by molar-refractivity contribution is 7.99. The molecule has 2 rings (SSSR count). The lowest BCUT2D eigenvalue weighted by Gasteiger charge is -2.10. The largest absolute Gasteiger partial charge is 0.481 e. The summed E-state index contributed by atoms with van der Waals surface area (Å²) in [5.74, 6) is -0.128. The van der Waals surface area contributed by atoms with E-state index in [0.717, 1.165) is 16.6 Å². The molecule has 0 aliphatic heterocycles. The second-order valence-electron chi connectivity index (χ2n) is 5.02. The predicted octanol–water partition coefficient (Wildman–Crippen LogP) is 4.05. The summed E-state index contributed by atoms with van der Waals surface area (Å²) in [6.45, 7) is 1.73. The molecule has 1 aromatic carbocycles. The predicted molar refractivity (Wildman–Crippen MR) is 76.0 cm³/mol. The van der Waals surface area contributed by atoms with Gasteiger partial charge in [0.2, 0.25) is 0 Å². The molecule has 0 saturated heterocycles. The fourth-order valence-corrected chi connectivity index (χ4v) is 3.60. The van der Waals surface area contributed by atoms with E-state index in [0.29, 0.717) is 0 Å². The van der Waals surface area contributed by atoms with Crippen LogP contribution in [0.15, 0.2) is 24.3 Å².